The topological polar surface area (TPSA) is 75.0 Å². The summed E-state index contributed by atoms with van der Waals surface area (Å²) in [6.45, 7) is 5.65. The fourth-order valence-electron chi connectivity index (χ4n) is 3.82. The number of amides is 2. The van der Waals surface area contributed by atoms with E-state index in [1.54, 1.807) is 17.0 Å². The number of nitrogens with zero attached hydrogens (tertiary/aromatic N) is 2. The molecule has 0 radical (unpaired) electrons. The summed E-state index contributed by atoms with van der Waals surface area (Å²) in [6.07, 6.45) is 3.94. The molecule has 0 aliphatic carbocycles. The SMILES string of the molecule is CC(C)CC(=O)Nc1ccc(N(C)C)c(CN(CC2CCCO2)C(=O)c2ccco2)c1. The van der Waals surface area contributed by atoms with Gasteiger partial charge in [-0.15, -0.1) is 0 Å². The Balaban J connectivity index is 1.85. The van der Waals surface area contributed by atoms with Gasteiger partial charge in [-0.2, -0.15) is 0 Å². The van der Waals surface area contributed by atoms with Crippen molar-refractivity contribution in [3.63, 3.8) is 0 Å². The number of carbonyl (C=O) groups excluding carboxylic acids is 2. The molecule has 0 bridgehead atoms. The highest BCUT2D eigenvalue weighted by molar-refractivity contribution is 5.92. The Morgan fingerprint density at radius 3 is 2.65 bits per heavy atom. The van der Waals surface area contributed by atoms with Crippen LogP contribution in [0.1, 0.15) is 49.2 Å². The lowest BCUT2D eigenvalue weighted by molar-refractivity contribution is -0.116. The molecule has 2 aromatic rings. The van der Waals surface area contributed by atoms with Crippen molar-refractivity contribution in [1.29, 1.82) is 0 Å². The minimum Gasteiger partial charge on any atom is -0.459 e. The van der Waals surface area contributed by atoms with E-state index < -0.39 is 0 Å². The summed E-state index contributed by atoms with van der Waals surface area (Å²) in [4.78, 5) is 29.2. The predicted octanol–water partition coefficient (Wildman–Crippen LogP) is 4.15. The zero-order valence-electron chi connectivity index (χ0n) is 18.9. The first kappa shape index (κ1) is 22.9. The fraction of sp³-hybridized carbons (Fsp3) is 0.500. The second-order valence-electron chi connectivity index (χ2n) is 8.68. The van der Waals surface area contributed by atoms with Gasteiger partial charge in [0.15, 0.2) is 5.76 Å². The average Bonchev–Trinajstić information content (AvgIpc) is 3.40. The van der Waals surface area contributed by atoms with Gasteiger partial charge in [0.25, 0.3) is 5.91 Å². The van der Waals surface area contributed by atoms with E-state index in [-0.39, 0.29) is 23.8 Å². The van der Waals surface area contributed by atoms with E-state index in [4.69, 9.17) is 9.15 Å². The quantitative estimate of drug-likeness (QED) is 0.651. The van der Waals surface area contributed by atoms with Gasteiger partial charge in [0.1, 0.15) is 0 Å². The molecule has 2 heterocycles. The van der Waals surface area contributed by atoms with Crippen LogP contribution in [0.25, 0.3) is 0 Å². The highest BCUT2D eigenvalue weighted by Gasteiger charge is 2.26. The number of hydrogen-bond acceptors (Lipinski definition) is 5. The highest BCUT2D eigenvalue weighted by Crippen LogP contribution is 2.26. The van der Waals surface area contributed by atoms with Gasteiger partial charge in [0.05, 0.1) is 12.4 Å². The number of hydrogen-bond donors (Lipinski definition) is 1. The number of carbonyl (C=O) groups is 2. The zero-order valence-corrected chi connectivity index (χ0v) is 18.9. The summed E-state index contributed by atoms with van der Waals surface area (Å²) >= 11 is 0. The summed E-state index contributed by atoms with van der Waals surface area (Å²) in [5, 5.41) is 2.98. The van der Waals surface area contributed by atoms with E-state index >= 15 is 0 Å². The lowest BCUT2D eigenvalue weighted by atomic mass is 10.1. The van der Waals surface area contributed by atoms with Gasteiger partial charge in [-0.05, 0) is 54.7 Å². The number of ether oxygens (including phenoxy) is 1. The maximum absolute atomic E-state index is 13.2. The molecule has 1 saturated heterocycles. The molecule has 1 unspecified atom stereocenters. The number of nitrogens with one attached hydrogen (secondary N) is 1. The number of rotatable bonds is 9. The molecule has 1 aromatic carbocycles. The van der Waals surface area contributed by atoms with Crippen LogP contribution in [-0.2, 0) is 16.1 Å². The van der Waals surface area contributed by atoms with Crippen molar-refractivity contribution in [1.82, 2.24) is 4.90 Å². The minimum atomic E-state index is -0.167. The number of furan rings is 1. The van der Waals surface area contributed by atoms with Gasteiger partial charge in [-0.25, -0.2) is 0 Å². The Hall–Kier alpha value is -2.80. The van der Waals surface area contributed by atoms with Crippen LogP contribution >= 0.6 is 0 Å². The standard InChI is InChI=1S/C24H33N3O4/c1-17(2)13-23(28)25-19-9-10-21(26(3)4)18(14-19)15-27(16-20-7-5-11-30-20)24(29)22-8-6-12-31-22/h6,8-10,12,14,17,20H,5,7,11,13,15-16H2,1-4H3,(H,25,28). The van der Waals surface area contributed by atoms with E-state index in [1.165, 1.54) is 6.26 Å². The fourth-order valence-corrected chi connectivity index (χ4v) is 3.82. The molecule has 7 heteroatoms. The van der Waals surface area contributed by atoms with Gasteiger partial charge in [0, 0.05) is 51.6 Å². The first-order valence-electron chi connectivity index (χ1n) is 10.9. The third-order valence-corrected chi connectivity index (χ3v) is 5.27. The zero-order chi connectivity index (χ0) is 22.4. The summed E-state index contributed by atoms with van der Waals surface area (Å²) in [5.74, 6) is 0.417. The van der Waals surface area contributed by atoms with Gasteiger partial charge in [-0.3, -0.25) is 9.59 Å². The Labute approximate surface area is 184 Å². The molecule has 1 aromatic heterocycles. The number of anilines is 2. The molecule has 1 atom stereocenters. The van der Waals surface area contributed by atoms with Crippen molar-refractivity contribution < 1.29 is 18.7 Å². The summed E-state index contributed by atoms with van der Waals surface area (Å²) in [7, 11) is 3.93. The second kappa shape index (κ2) is 10.5. The summed E-state index contributed by atoms with van der Waals surface area (Å²) < 4.78 is 11.2. The normalized spacial score (nSPS) is 15.8. The highest BCUT2D eigenvalue weighted by atomic mass is 16.5. The molecule has 1 fully saturated rings. The molecule has 0 spiro atoms. The Kier molecular flexibility index (Phi) is 7.74. The van der Waals surface area contributed by atoms with E-state index in [0.29, 0.717) is 25.3 Å². The average molecular weight is 428 g/mol. The van der Waals surface area contributed by atoms with Crippen LogP contribution in [0.4, 0.5) is 11.4 Å². The minimum absolute atomic E-state index is 0.0126. The van der Waals surface area contributed by atoms with Crippen LogP contribution in [-0.4, -0.2) is 50.1 Å². The maximum atomic E-state index is 13.2. The Morgan fingerprint density at radius 2 is 2.03 bits per heavy atom. The lowest BCUT2D eigenvalue weighted by Crippen LogP contribution is -2.37. The summed E-state index contributed by atoms with van der Waals surface area (Å²) in [5.41, 5.74) is 2.67. The largest absolute Gasteiger partial charge is 0.459 e. The Bertz CT molecular complexity index is 871. The molecule has 31 heavy (non-hydrogen) atoms. The van der Waals surface area contributed by atoms with Crippen LogP contribution in [0.2, 0.25) is 0 Å². The monoisotopic (exact) mass is 427 g/mol. The first-order chi connectivity index (χ1) is 14.8. The molecule has 1 aliphatic rings. The van der Waals surface area contributed by atoms with Crippen molar-refractivity contribution in [2.45, 2.75) is 45.8 Å². The number of benzene rings is 1. The molecule has 3 rings (SSSR count). The second-order valence-corrected chi connectivity index (χ2v) is 8.68. The molecule has 168 valence electrons. The molecule has 2 amide bonds. The van der Waals surface area contributed by atoms with Crippen molar-refractivity contribution >= 4 is 23.2 Å². The van der Waals surface area contributed by atoms with Crippen molar-refractivity contribution in [3.05, 3.63) is 47.9 Å². The van der Waals surface area contributed by atoms with E-state index in [0.717, 1.165) is 36.4 Å². The van der Waals surface area contributed by atoms with Crippen LogP contribution in [0.15, 0.2) is 41.0 Å². The van der Waals surface area contributed by atoms with E-state index in [2.05, 4.69) is 5.32 Å². The molecular formula is C24H33N3O4. The maximum Gasteiger partial charge on any atom is 0.289 e. The molecular weight excluding hydrogens is 394 g/mol. The molecule has 7 nitrogen and oxygen atoms in total. The third-order valence-electron chi connectivity index (χ3n) is 5.27. The van der Waals surface area contributed by atoms with Crippen LogP contribution in [0.5, 0.6) is 0 Å². The van der Waals surface area contributed by atoms with Crippen LogP contribution < -0.4 is 10.2 Å². The molecule has 1 N–H and O–H groups in total. The van der Waals surface area contributed by atoms with E-state index in [9.17, 15) is 9.59 Å². The van der Waals surface area contributed by atoms with Crippen molar-refractivity contribution in [2.75, 3.05) is 37.5 Å². The first-order valence-corrected chi connectivity index (χ1v) is 10.9. The van der Waals surface area contributed by atoms with Crippen molar-refractivity contribution in [2.24, 2.45) is 5.92 Å². The predicted molar refractivity (Wildman–Crippen MR) is 121 cm³/mol. The van der Waals surface area contributed by atoms with Gasteiger partial charge in [-0.1, -0.05) is 13.8 Å². The van der Waals surface area contributed by atoms with E-state index in [1.807, 2.05) is 51.0 Å². The van der Waals surface area contributed by atoms with Gasteiger partial charge in [0.2, 0.25) is 5.91 Å². The van der Waals surface area contributed by atoms with Gasteiger partial charge >= 0.3 is 0 Å². The molecule has 0 saturated carbocycles. The lowest BCUT2D eigenvalue weighted by Gasteiger charge is -2.27. The van der Waals surface area contributed by atoms with Crippen LogP contribution in [0, 0.1) is 5.92 Å². The smallest absolute Gasteiger partial charge is 0.289 e. The summed E-state index contributed by atoms with van der Waals surface area (Å²) in [6, 6.07) is 9.22. The van der Waals surface area contributed by atoms with Crippen LogP contribution in [0.3, 0.4) is 0 Å². The molecule has 1 aliphatic heterocycles. The third kappa shape index (κ3) is 6.34. The van der Waals surface area contributed by atoms with Crippen molar-refractivity contribution in [3.8, 4) is 0 Å². The Morgan fingerprint density at radius 1 is 1.23 bits per heavy atom. The van der Waals surface area contributed by atoms with Gasteiger partial charge < -0.3 is 24.3 Å².